The molecule has 1 rings (SSSR count). The van der Waals surface area contributed by atoms with E-state index in [1.165, 1.54) is 0 Å². The smallest absolute Gasteiger partial charge is 0.320 e. The molecule has 5 heteroatoms. The second kappa shape index (κ2) is 8.51. The van der Waals surface area contributed by atoms with E-state index < -0.39 is 12.0 Å². The maximum Gasteiger partial charge on any atom is 0.320 e. The van der Waals surface area contributed by atoms with Gasteiger partial charge in [0.05, 0.1) is 6.10 Å². The van der Waals surface area contributed by atoms with Crippen LogP contribution in [-0.2, 0) is 9.53 Å². The number of piperidine rings is 1. The molecule has 1 aliphatic heterocycles. The summed E-state index contributed by atoms with van der Waals surface area (Å²) in [4.78, 5) is 13.5. The van der Waals surface area contributed by atoms with Gasteiger partial charge in [-0.25, -0.2) is 0 Å². The highest BCUT2D eigenvalue weighted by Gasteiger charge is 2.22. The predicted molar refractivity (Wildman–Crippen MR) is 75.4 cm³/mol. The van der Waals surface area contributed by atoms with Crippen molar-refractivity contribution in [3.63, 3.8) is 0 Å². The van der Waals surface area contributed by atoms with E-state index in [1.54, 1.807) is 0 Å². The van der Waals surface area contributed by atoms with Crippen LogP contribution in [0.3, 0.4) is 0 Å². The van der Waals surface area contributed by atoms with Gasteiger partial charge in [-0.1, -0.05) is 13.8 Å². The van der Waals surface area contributed by atoms with Crippen molar-refractivity contribution in [3.8, 4) is 0 Å². The highest BCUT2D eigenvalue weighted by atomic mass is 16.5. The van der Waals surface area contributed by atoms with E-state index in [9.17, 15) is 4.79 Å². The molecule has 19 heavy (non-hydrogen) atoms. The number of likely N-dealkylation sites (tertiary alicyclic amines) is 1. The highest BCUT2D eigenvalue weighted by Crippen LogP contribution is 2.14. The molecule has 1 heterocycles. The van der Waals surface area contributed by atoms with Crippen LogP contribution in [0.25, 0.3) is 0 Å². The van der Waals surface area contributed by atoms with Crippen LogP contribution in [0.2, 0.25) is 0 Å². The molecule has 1 saturated heterocycles. The summed E-state index contributed by atoms with van der Waals surface area (Å²) >= 11 is 0. The number of aliphatic carboxylic acids is 1. The monoisotopic (exact) mass is 272 g/mol. The van der Waals surface area contributed by atoms with Crippen molar-refractivity contribution >= 4 is 5.97 Å². The van der Waals surface area contributed by atoms with Gasteiger partial charge in [0.1, 0.15) is 6.04 Å². The maximum absolute atomic E-state index is 11.1. The summed E-state index contributed by atoms with van der Waals surface area (Å²) in [5.74, 6) is -0.752. The van der Waals surface area contributed by atoms with Crippen molar-refractivity contribution < 1.29 is 14.6 Å². The molecular formula is C14H28N2O3. The van der Waals surface area contributed by atoms with Crippen molar-refractivity contribution in [2.24, 2.45) is 0 Å². The van der Waals surface area contributed by atoms with E-state index >= 15 is 0 Å². The van der Waals surface area contributed by atoms with Crippen LogP contribution >= 0.6 is 0 Å². The molecule has 0 bridgehead atoms. The molecular weight excluding hydrogens is 244 g/mol. The number of hydrogen-bond acceptors (Lipinski definition) is 4. The normalized spacial score (nSPS) is 19.8. The maximum atomic E-state index is 11.1. The molecule has 0 amide bonds. The molecule has 1 fully saturated rings. The number of nitrogens with one attached hydrogen (secondary N) is 1. The van der Waals surface area contributed by atoms with Crippen molar-refractivity contribution in [1.82, 2.24) is 10.2 Å². The van der Waals surface area contributed by atoms with E-state index in [-0.39, 0.29) is 6.04 Å². The lowest BCUT2D eigenvalue weighted by atomic mass is 10.1. The number of carbonyl (C=O) groups is 1. The molecule has 0 aliphatic carbocycles. The van der Waals surface area contributed by atoms with Gasteiger partial charge in [0, 0.05) is 32.3 Å². The standard InChI is InChI=1S/C14H28N2O3/c1-4-19-12-5-8-16(9-6-12)10-7-13(14(17)18)15-11(2)3/h11-13,15H,4-10H2,1-3H3,(H,17,18). The Morgan fingerprint density at radius 3 is 2.53 bits per heavy atom. The number of ether oxygens (including phenoxy) is 1. The lowest BCUT2D eigenvalue weighted by Crippen LogP contribution is -2.44. The van der Waals surface area contributed by atoms with E-state index in [1.807, 2.05) is 20.8 Å². The third-order valence-electron chi connectivity index (χ3n) is 3.50. The van der Waals surface area contributed by atoms with E-state index in [2.05, 4.69) is 10.2 Å². The van der Waals surface area contributed by atoms with Crippen LogP contribution in [0, 0.1) is 0 Å². The first kappa shape index (κ1) is 16.4. The van der Waals surface area contributed by atoms with E-state index in [0.29, 0.717) is 12.5 Å². The molecule has 0 saturated carbocycles. The first-order valence-electron chi connectivity index (χ1n) is 7.35. The summed E-state index contributed by atoms with van der Waals surface area (Å²) in [5, 5.41) is 12.3. The third kappa shape index (κ3) is 6.36. The lowest BCUT2D eigenvalue weighted by Gasteiger charge is -2.32. The fourth-order valence-corrected chi connectivity index (χ4v) is 2.53. The summed E-state index contributed by atoms with van der Waals surface area (Å²) in [7, 11) is 0. The number of carboxylic acid groups (broad SMARTS) is 1. The molecule has 2 N–H and O–H groups in total. The van der Waals surface area contributed by atoms with Crippen molar-refractivity contribution in [2.75, 3.05) is 26.2 Å². The molecule has 0 spiro atoms. The van der Waals surface area contributed by atoms with Crippen LogP contribution in [0.4, 0.5) is 0 Å². The molecule has 5 nitrogen and oxygen atoms in total. The van der Waals surface area contributed by atoms with Gasteiger partial charge in [-0.3, -0.25) is 4.79 Å². The molecule has 0 aromatic heterocycles. The molecule has 0 aromatic rings. The average Bonchev–Trinajstić information content (AvgIpc) is 2.36. The topological polar surface area (TPSA) is 61.8 Å². The zero-order valence-electron chi connectivity index (χ0n) is 12.4. The number of rotatable bonds is 8. The van der Waals surface area contributed by atoms with Gasteiger partial charge < -0.3 is 20.1 Å². The number of hydrogen-bond donors (Lipinski definition) is 2. The van der Waals surface area contributed by atoms with E-state index in [4.69, 9.17) is 9.84 Å². The van der Waals surface area contributed by atoms with Gasteiger partial charge in [-0.2, -0.15) is 0 Å². The molecule has 1 atom stereocenters. The number of carboxylic acids is 1. The third-order valence-corrected chi connectivity index (χ3v) is 3.50. The second-order valence-electron chi connectivity index (χ2n) is 5.50. The average molecular weight is 272 g/mol. The Labute approximate surface area is 116 Å². The van der Waals surface area contributed by atoms with Crippen molar-refractivity contribution in [2.45, 2.75) is 58.2 Å². The first-order valence-corrected chi connectivity index (χ1v) is 7.35. The Morgan fingerprint density at radius 1 is 1.42 bits per heavy atom. The summed E-state index contributed by atoms with van der Waals surface area (Å²) < 4.78 is 5.61. The highest BCUT2D eigenvalue weighted by molar-refractivity contribution is 5.73. The van der Waals surface area contributed by atoms with E-state index in [0.717, 1.165) is 39.1 Å². The summed E-state index contributed by atoms with van der Waals surface area (Å²) in [6.07, 6.45) is 3.17. The number of nitrogens with zero attached hydrogens (tertiary/aromatic N) is 1. The Balaban J connectivity index is 2.26. The van der Waals surface area contributed by atoms with Gasteiger partial charge in [-0.05, 0) is 26.2 Å². The van der Waals surface area contributed by atoms with Crippen LogP contribution in [0.5, 0.6) is 0 Å². The first-order chi connectivity index (χ1) is 9.02. The zero-order valence-corrected chi connectivity index (χ0v) is 12.4. The molecule has 1 unspecified atom stereocenters. The lowest BCUT2D eigenvalue weighted by molar-refractivity contribution is -0.140. The van der Waals surface area contributed by atoms with Crippen LogP contribution in [0.15, 0.2) is 0 Å². The minimum Gasteiger partial charge on any atom is -0.480 e. The SMILES string of the molecule is CCOC1CCN(CCC(NC(C)C)C(=O)O)CC1. The van der Waals surface area contributed by atoms with Crippen LogP contribution < -0.4 is 5.32 Å². The Bertz CT molecular complexity index is 263. The fraction of sp³-hybridized carbons (Fsp3) is 0.929. The summed E-state index contributed by atoms with van der Waals surface area (Å²) in [6.45, 7) is 9.63. The minimum absolute atomic E-state index is 0.199. The van der Waals surface area contributed by atoms with Crippen molar-refractivity contribution in [3.05, 3.63) is 0 Å². The fourth-order valence-electron chi connectivity index (χ4n) is 2.53. The largest absolute Gasteiger partial charge is 0.480 e. The van der Waals surface area contributed by atoms with Gasteiger partial charge in [0.2, 0.25) is 0 Å². The van der Waals surface area contributed by atoms with Gasteiger partial charge in [0.25, 0.3) is 0 Å². The second-order valence-corrected chi connectivity index (χ2v) is 5.50. The molecule has 0 aromatic carbocycles. The molecule has 112 valence electrons. The van der Waals surface area contributed by atoms with Crippen LogP contribution in [-0.4, -0.2) is 60.4 Å². The minimum atomic E-state index is -0.752. The Morgan fingerprint density at radius 2 is 2.05 bits per heavy atom. The van der Waals surface area contributed by atoms with Gasteiger partial charge >= 0.3 is 5.97 Å². The summed E-state index contributed by atoms with van der Waals surface area (Å²) in [5.41, 5.74) is 0. The zero-order chi connectivity index (χ0) is 14.3. The Hall–Kier alpha value is -0.650. The predicted octanol–water partition coefficient (Wildman–Crippen LogP) is 1.33. The molecule has 0 radical (unpaired) electrons. The van der Waals surface area contributed by atoms with Gasteiger partial charge in [-0.15, -0.1) is 0 Å². The van der Waals surface area contributed by atoms with Crippen LogP contribution in [0.1, 0.15) is 40.0 Å². The van der Waals surface area contributed by atoms with Crippen molar-refractivity contribution in [1.29, 1.82) is 0 Å². The van der Waals surface area contributed by atoms with Gasteiger partial charge in [0.15, 0.2) is 0 Å². The quantitative estimate of drug-likeness (QED) is 0.698. The molecule has 1 aliphatic rings. The Kier molecular flexibility index (Phi) is 7.34. The summed E-state index contributed by atoms with van der Waals surface area (Å²) in [6, 6.07) is -0.241.